The Morgan fingerprint density at radius 2 is 2.05 bits per heavy atom. The summed E-state index contributed by atoms with van der Waals surface area (Å²) in [7, 11) is 0. The highest BCUT2D eigenvalue weighted by atomic mass is 19.2. The lowest BCUT2D eigenvalue weighted by atomic mass is 9.82. The summed E-state index contributed by atoms with van der Waals surface area (Å²) in [5.74, 6) is -1.19. The molecule has 2 rings (SSSR count). The van der Waals surface area contributed by atoms with E-state index in [4.69, 9.17) is 4.74 Å². The summed E-state index contributed by atoms with van der Waals surface area (Å²) in [6.07, 6.45) is 9.98. The van der Waals surface area contributed by atoms with Crippen molar-refractivity contribution in [3.05, 3.63) is 54.1 Å². The normalized spacial score (nSPS) is 21.3. The van der Waals surface area contributed by atoms with Crippen LogP contribution in [0.3, 0.4) is 0 Å². The second kappa shape index (κ2) is 7.39. The largest absolute Gasteiger partial charge is 0.491 e. The van der Waals surface area contributed by atoms with Crippen molar-refractivity contribution < 1.29 is 13.5 Å². The number of rotatable bonds is 6. The monoisotopic (exact) mass is 292 g/mol. The van der Waals surface area contributed by atoms with Gasteiger partial charge in [0.1, 0.15) is 0 Å². The number of allylic oxidation sites excluding steroid dienone is 3. The third kappa shape index (κ3) is 3.72. The van der Waals surface area contributed by atoms with Gasteiger partial charge in [0, 0.05) is 5.92 Å². The molecule has 1 nitrogen and oxygen atoms in total. The zero-order valence-electron chi connectivity index (χ0n) is 12.4. The van der Waals surface area contributed by atoms with E-state index in [1.165, 1.54) is 6.07 Å². The average Bonchev–Trinajstić information content (AvgIpc) is 2.51. The fraction of sp³-hybridized carbons (Fsp3) is 0.444. The van der Waals surface area contributed by atoms with Gasteiger partial charge in [-0.1, -0.05) is 24.3 Å². The fourth-order valence-electron chi connectivity index (χ4n) is 2.81. The molecule has 0 saturated carbocycles. The SMILES string of the molecule is C=CCCC1C=CC(c2ccc(OCC)c(F)c2F)CC1. The molecular formula is C18H22F2O. The van der Waals surface area contributed by atoms with Crippen molar-refractivity contribution >= 4 is 0 Å². The van der Waals surface area contributed by atoms with Crippen LogP contribution in [0.2, 0.25) is 0 Å². The Bertz CT molecular complexity index is 522. The van der Waals surface area contributed by atoms with Gasteiger partial charge in [-0.05, 0) is 50.2 Å². The van der Waals surface area contributed by atoms with Crippen molar-refractivity contribution in [2.45, 2.75) is 38.5 Å². The summed E-state index contributed by atoms with van der Waals surface area (Å²) in [5.41, 5.74) is 0.425. The van der Waals surface area contributed by atoms with E-state index in [2.05, 4.69) is 12.7 Å². The summed E-state index contributed by atoms with van der Waals surface area (Å²) in [6.45, 7) is 5.80. The first-order valence-electron chi connectivity index (χ1n) is 7.57. The third-order valence-electron chi connectivity index (χ3n) is 3.98. The van der Waals surface area contributed by atoms with Gasteiger partial charge in [-0.25, -0.2) is 4.39 Å². The van der Waals surface area contributed by atoms with Crippen molar-refractivity contribution in [3.8, 4) is 5.75 Å². The van der Waals surface area contributed by atoms with Crippen LogP contribution in [0.15, 0.2) is 36.9 Å². The van der Waals surface area contributed by atoms with Gasteiger partial charge in [0.2, 0.25) is 5.82 Å². The molecule has 0 aliphatic heterocycles. The first-order chi connectivity index (χ1) is 10.2. The Hall–Kier alpha value is -1.64. The van der Waals surface area contributed by atoms with Gasteiger partial charge in [0.25, 0.3) is 0 Å². The Morgan fingerprint density at radius 3 is 2.67 bits per heavy atom. The second-order valence-corrected chi connectivity index (χ2v) is 5.41. The van der Waals surface area contributed by atoms with Crippen molar-refractivity contribution in [2.24, 2.45) is 5.92 Å². The van der Waals surface area contributed by atoms with Crippen LogP contribution in [0, 0.1) is 17.6 Å². The summed E-state index contributed by atoms with van der Waals surface area (Å²) < 4.78 is 33.2. The zero-order chi connectivity index (χ0) is 15.2. The highest BCUT2D eigenvalue weighted by Gasteiger charge is 2.22. The van der Waals surface area contributed by atoms with E-state index in [0.29, 0.717) is 18.1 Å². The predicted molar refractivity (Wildman–Crippen MR) is 81.6 cm³/mol. The number of hydrogen-bond donors (Lipinski definition) is 0. The van der Waals surface area contributed by atoms with Crippen LogP contribution < -0.4 is 4.74 Å². The van der Waals surface area contributed by atoms with Crippen molar-refractivity contribution in [1.29, 1.82) is 0 Å². The quantitative estimate of drug-likeness (QED) is 0.640. The van der Waals surface area contributed by atoms with Gasteiger partial charge < -0.3 is 4.74 Å². The number of benzene rings is 1. The van der Waals surface area contributed by atoms with Crippen LogP contribution in [0.25, 0.3) is 0 Å². The fourth-order valence-corrected chi connectivity index (χ4v) is 2.81. The molecule has 0 bridgehead atoms. The molecule has 0 aromatic heterocycles. The molecule has 1 aliphatic rings. The van der Waals surface area contributed by atoms with Gasteiger partial charge in [-0.2, -0.15) is 4.39 Å². The van der Waals surface area contributed by atoms with Gasteiger partial charge in [-0.15, -0.1) is 6.58 Å². The number of ether oxygens (including phenoxy) is 1. The van der Waals surface area contributed by atoms with Crippen LogP contribution in [0.1, 0.15) is 44.1 Å². The molecule has 1 aromatic rings. The minimum absolute atomic E-state index is 0.0117. The maximum absolute atomic E-state index is 14.2. The molecule has 0 heterocycles. The molecule has 3 heteroatoms. The van der Waals surface area contributed by atoms with E-state index in [1.54, 1.807) is 13.0 Å². The summed E-state index contributed by atoms with van der Waals surface area (Å²) in [5, 5.41) is 0. The summed E-state index contributed by atoms with van der Waals surface area (Å²) >= 11 is 0. The summed E-state index contributed by atoms with van der Waals surface area (Å²) in [4.78, 5) is 0. The minimum atomic E-state index is -0.878. The molecular weight excluding hydrogens is 270 g/mol. The topological polar surface area (TPSA) is 9.23 Å². The van der Waals surface area contributed by atoms with Crippen LogP contribution in [0.5, 0.6) is 5.75 Å². The minimum Gasteiger partial charge on any atom is -0.491 e. The van der Waals surface area contributed by atoms with E-state index < -0.39 is 11.6 Å². The maximum Gasteiger partial charge on any atom is 0.200 e. The van der Waals surface area contributed by atoms with Crippen molar-refractivity contribution in [1.82, 2.24) is 0 Å². The van der Waals surface area contributed by atoms with Gasteiger partial charge in [0.05, 0.1) is 6.61 Å². The molecule has 1 aromatic carbocycles. The number of halogens is 2. The first kappa shape index (κ1) is 15.7. The van der Waals surface area contributed by atoms with E-state index in [9.17, 15) is 8.78 Å². The second-order valence-electron chi connectivity index (χ2n) is 5.41. The lowest BCUT2D eigenvalue weighted by Gasteiger charge is -2.23. The maximum atomic E-state index is 14.2. The average molecular weight is 292 g/mol. The number of hydrogen-bond acceptors (Lipinski definition) is 1. The highest BCUT2D eigenvalue weighted by molar-refractivity contribution is 5.35. The molecule has 0 amide bonds. The standard InChI is InChI=1S/C18H22F2O/c1-3-5-6-13-7-9-14(10-8-13)15-11-12-16(21-4-2)18(20)17(15)19/h3,7,9,11-14H,1,4-6,8,10H2,2H3. The van der Waals surface area contributed by atoms with Gasteiger partial charge in [-0.3, -0.25) is 0 Å². The molecule has 0 N–H and O–H groups in total. The third-order valence-corrected chi connectivity index (χ3v) is 3.98. The van der Waals surface area contributed by atoms with Gasteiger partial charge >= 0.3 is 0 Å². The van der Waals surface area contributed by atoms with Crippen LogP contribution in [-0.2, 0) is 0 Å². The van der Waals surface area contributed by atoms with Gasteiger partial charge in [0.15, 0.2) is 11.6 Å². The molecule has 0 saturated heterocycles. The molecule has 2 atom stereocenters. The Balaban J connectivity index is 2.13. The van der Waals surface area contributed by atoms with Crippen LogP contribution in [-0.4, -0.2) is 6.61 Å². The first-order valence-corrected chi connectivity index (χ1v) is 7.57. The van der Waals surface area contributed by atoms with Crippen molar-refractivity contribution in [2.75, 3.05) is 6.61 Å². The van der Waals surface area contributed by atoms with Crippen LogP contribution >= 0.6 is 0 Å². The van der Waals surface area contributed by atoms with E-state index in [-0.39, 0.29) is 11.7 Å². The highest BCUT2D eigenvalue weighted by Crippen LogP contribution is 2.35. The molecule has 21 heavy (non-hydrogen) atoms. The lowest BCUT2D eigenvalue weighted by Crippen LogP contribution is -2.10. The van der Waals surface area contributed by atoms with E-state index in [0.717, 1.165) is 25.7 Å². The predicted octanol–water partition coefficient (Wildman–Crippen LogP) is 5.38. The molecule has 2 unspecified atom stereocenters. The lowest BCUT2D eigenvalue weighted by molar-refractivity contribution is 0.312. The Morgan fingerprint density at radius 1 is 1.24 bits per heavy atom. The Kier molecular flexibility index (Phi) is 5.54. The van der Waals surface area contributed by atoms with Crippen molar-refractivity contribution in [3.63, 3.8) is 0 Å². The molecule has 1 aliphatic carbocycles. The molecule has 114 valence electrons. The molecule has 0 radical (unpaired) electrons. The molecule has 0 spiro atoms. The van der Waals surface area contributed by atoms with E-state index in [1.807, 2.05) is 12.2 Å². The van der Waals surface area contributed by atoms with Crippen LogP contribution in [0.4, 0.5) is 8.78 Å². The zero-order valence-corrected chi connectivity index (χ0v) is 12.4. The van der Waals surface area contributed by atoms with E-state index >= 15 is 0 Å². The molecule has 0 fully saturated rings. The summed E-state index contributed by atoms with van der Waals surface area (Å²) in [6, 6.07) is 3.16. The smallest absolute Gasteiger partial charge is 0.200 e. The Labute approximate surface area is 125 Å².